The molecule has 0 saturated carbocycles. The van der Waals surface area contributed by atoms with Crippen LogP contribution in [0.1, 0.15) is 29.7 Å². The lowest BCUT2D eigenvalue weighted by atomic mass is 10.1. The molecule has 1 atom stereocenters. The Balaban J connectivity index is 1.90. The summed E-state index contributed by atoms with van der Waals surface area (Å²) in [6.07, 6.45) is 2.65. The van der Waals surface area contributed by atoms with Crippen molar-refractivity contribution in [1.82, 2.24) is 4.90 Å². The van der Waals surface area contributed by atoms with Gasteiger partial charge in [0.15, 0.2) is 0 Å². The van der Waals surface area contributed by atoms with Gasteiger partial charge in [0, 0.05) is 36.6 Å². The molecule has 19 heavy (non-hydrogen) atoms. The Bertz CT molecular complexity index is 446. The summed E-state index contributed by atoms with van der Waals surface area (Å²) >= 11 is 1.75. The van der Waals surface area contributed by atoms with Crippen molar-refractivity contribution in [2.24, 2.45) is 5.92 Å². The van der Waals surface area contributed by atoms with Crippen LogP contribution in [0, 0.1) is 17.8 Å². The molecule has 1 aromatic heterocycles. The average molecular weight is 279 g/mol. The van der Waals surface area contributed by atoms with Gasteiger partial charge in [-0.2, -0.15) is 0 Å². The number of rotatable bonds is 5. The highest BCUT2D eigenvalue weighted by molar-refractivity contribution is 7.10. The SMILES string of the molecule is OCCC#Cc1ccsc1CN1CCC(CCO)C1. The van der Waals surface area contributed by atoms with Crippen molar-refractivity contribution in [1.29, 1.82) is 0 Å². The molecule has 2 heterocycles. The molecule has 1 unspecified atom stereocenters. The Morgan fingerprint density at radius 2 is 2.26 bits per heavy atom. The number of hydrogen-bond donors (Lipinski definition) is 2. The number of hydrogen-bond acceptors (Lipinski definition) is 4. The summed E-state index contributed by atoms with van der Waals surface area (Å²) in [5.74, 6) is 6.77. The lowest BCUT2D eigenvalue weighted by Gasteiger charge is -2.15. The van der Waals surface area contributed by atoms with E-state index in [1.165, 1.54) is 11.3 Å². The molecule has 1 aliphatic heterocycles. The summed E-state index contributed by atoms with van der Waals surface area (Å²) < 4.78 is 0. The van der Waals surface area contributed by atoms with E-state index in [1.54, 1.807) is 11.3 Å². The van der Waals surface area contributed by atoms with Gasteiger partial charge in [0.05, 0.1) is 6.61 Å². The largest absolute Gasteiger partial charge is 0.396 e. The van der Waals surface area contributed by atoms with E-state index >= 15 is 0 Å². The fraction of sp³-hybridized carbons (Fsp3) is 0.600. The van der Waals surface area contributed by atoms with Crippen molar-refractivity contribution < 1.29 is 10.2 Å². The summed E-state index contributed by atoms with van der Waals surface area (Å²) in [7, 11) is 0. The maximum atomic E-state index is 8.98. The predicted molar refractivity (Wildman–Crippen MR) is 78.0 cm³/mol. The molecule has 0 bridgehead atoms. The summed E-state index contributed by atoms with van der Waals surface area (Å²) in [5, 5.41) is 19.8. The number of likely N-dealkylation sites (tertiary alicyclic amines) is 1. The van der Waals surface area contributed by atoms with Crippen molar-refractivity contribution in [3.05, 3.63) is 21.9 Å². The first-order chi connectivity index (χ1) is 9.33. The molecular formula is C15H21NO2S. The van der Waals surface area contributed by atoms with Gasteiger partial charge in [0.25, 0.3) is 0 Å². The van der Waals surface area contributed by atoms with Gasteiger partial charge in [-0.15, -0.1) is 11.3 Å². The Morgan fingerprint density at radius 3 is 3.05 bits per heavy atom. The Morgan fingerprint density at radius 1 is 1.37 bits per heavy atom. The molecule has 2 N–H and O–H groups in total. The van der Waals surface area contributed by atoms with E-state index in [0.717, 1.165) is 31.6 Å². The predicted octanol–water partition coefficient (Wildman–Crippen LogP) is 1.69. The normalized spacial score (nSPS) is 19.4. The zero-order chi connectivity index (χ0) is 13.5. The minimum absolute atomic E-state index is 0.126. The standard InChI is InChI=1S/C15H21NO2S/c17-8-2-1-3-14-6-10-19-15(14)12-16-7-4-13(11-16)5-9-18/h6,10,13,17-18H,2,4-5,7-9,11-12H2. The molecule has 104 valence electrons. The minimum Gasteiger partial charge on any atom is -0.396 e. The average Bonchev–Trinajstić information content (AvgIpc) is 3.01. The molecule has 1 aromatic rings. The minimum atomic E-state index is 0.126. The van der Waals surface area contributed by atoms with E-state index in [0.29, 0.717) is 18.9 Å². The zero-order valence-electron chi connectivity index (χ0n) is 11.1. The molecule has 0 radical (unpaired) electrons. The van der Waals surface area contributed by atoms with E-state index < -0.39 is 0 Å². The quantitative estimate of drug-likeness (QED) is 0.806. The summed E-state index contributed by atoms with van der Waals surface area (Å²) in [6.45, 7) is 3.59. The molecule has 1 saturated heterocycles. The monoisotopic (exact) mass is 279 g/mol. The van der Waals surface area contributed by atoms with Crippen LogP contribution in [-0.4, -0.2) is 41.4 Å². The number of aliphatic hydroxyl groups excluding tert-OH is 2. The fourth-order valence-corrected chi connectivity index (χ4v) is 3.34. The molecule has 3 nitrogen and oxygen atoms in total. The Kier molecular flexibility index (Phi) is 5.87. The maximum absolute atomic E-state index is 8.98. The van der Waals surface area contributed by atoms with Crippen molar-refractivity contribution in [3.63, 3.8) is 0 Å². The van der Waals surface area contributed by atoms with E-state index in [2.05, 4.69) is 28.2 Å². The zero-order valence-corrected chi connectivity index (χ0v) is 12.0. The summed E-state index contributed by atoms with van der Waals surface area (Å²) in [5.41, 5.74) is 1.10. The molecule has 1 fully saturated rings. The van der Waals surface area contributed by atoms with Crippen molar-refractivity contribution in [2.75, 3.05) is 26.3 Å². The van der Waals surface area contributed by atoms with Gasteiger partial charge in [-0.3, -0.25) is 4.90 Å². The fourth-order valence-electron chi connectivity index (χ4n) is 2.47. The van der Waals surface area contributed by atoms with Crippen LogP contribution < -0.4 is 0 Å². The Hall–Kier alpha value is -0.860. The summed E-state index contributed by atoms with van der Waals surface area (Å²) in [6, 6.07) is 2.06. The van der Waals surface area contributed by atoms with Gasteiger partial charge in [0.1, 0.15) is 0 Å². The van der Waals surface area contributed by atoms with Crippen LogP contribution in [0.3, 0.4) is 0 Å². The van der Waals surface area contributed by atoms with Gasteiger partial charge >= 0.3 is 0 Å². The number of aliphatic hydroxyl groups is 2. The van der Waals surface area contributed by atoms with Crippen LogP contribution in [-0.2, 0) is 6.54 Å². The smallest absolute Gasteiger partial charge is 0.0540 e. The number of thiophene rings is 1. The van der Waals surface area contributed by atoms with Crippen LogP contribution in [0.5, 0.6) is 0 Å². The van der Waals surface area contributed by atoms with Gasteiger partial charge in [-0.25, -0.2) is 0 Å². The second kappa shape index (κ2) is 7.66. The Labute approximate surface area is 118 Å². The van der Waals surface area contributed by atoms with Crippen LogP contribution >= 0.6 is 11.3 Å². The maximum Gasteiger partial charge on any atom is 0.0540 e. The highest BCUT2D eigenvalue weighted by atomic mass is 32.1. The van der Waals surface area contributed by atoms with E-state index in [9.17, 15) is 0 Å². The lowest BCUT2D eigenvalue weighted by Crippen LogP contribution is -2.20. The number of nitrogens with zero attached hydrogens (tertiary/aromatic N) is 1. The lowest BCUT2D eigenvalue weighted by molar-refractivity contribution is 0.250. The van der Waals surface area contributed by atoms with Crippen LogP contribution in [0.4, 0.5) is 0 Å². The molecule has 4 heteroatoms. The van der Waals surface area contributed by atoms with Gasteiger partial charge in [0.2, 0.25) is 0 Å². The van der Waals surface area contributed by atoms with E-state index in [4.69, 9.17) is 10.2 Å². The molecule has 1 aliphatic rings. The van der Waals surface area contributed by atoms with Crippen LogP contribution in [0.2, 0.25) is 0 Å². The van der Waals surface area contributed by atoms with Gasteiger partial charge in [-0.1, -0.05) is 11.8 Å². The molecular weight excluding hydrogens is 258 g/mol. The van der Waals surface area contributed by atoms with Crippen molar-refractivity contribution in [3.8, 4) is 11.8 Å². The first kappa shape index (κ1) is 14.5. The van der Waals surface area contributed by atoms with Crippen molar-refractivity contribution in [2.45, 2.75) is 25.8 Å². The molecule has 0 spiro atoms. The van der Waals surface area contributed by atoms with Crippen LogP contribution in [0.25, 0.3) is 0 Å². The first-order valence-electron chi connectivity index (χ1n) is 6.82. The molecule has 0 aliphatic carbocycles. The second-order valence-corrected chi connectivity index (χ2v) is 5.94. The topological polar surface area (TPSA) is 43.7 Å². The van der Waals surface area contributed by atoms with Crippen molar-refractivity contribution >= 4 is 11.3 Å². The third-order valence-electron chi connectivity index (χ3n) is 3.48. The van der Waals surface area contributed by atoms with Gasteiger partial charge in [-0.05, 0) is 36.8 Å². The third-order valence-corrected chi connectivity index (χ3v) is 4.39. The third kappa shape index (κ3) is 4.32. The first-order valence-corrected chi connectivity index (χ1v) is 7.70. The summed E-state index contributed by atoms with van der Waals surface area (Å²) in [4.78, 5) is 3.76. The van der Waals surface area contributed by atoms with Gasteiger partial charge < -0.3 is 10.2 Å². The van der Waals surface area contributed by atoms with Crippen LogP contribution in [0.15, 0.2) is 11.4 Å². The second-order valence-electron chi connectivity index (χ2n) is 4.93. The molecule has 0 amide bonds. The molecule has 0 aromatic carbocycles. The highest BCUT2D eigenvalue weighted by Crippen LogP contribution is 2.24. The van der Waals surface area contributed by atoms with E-state index in [1.807, 2.05) is 0 Å². The highest BCUT2D eigenvalue weighted by Gasteiger charge is 2.22. The molecule has 2 rings (SSSR count). The van der Waals surface area contributed by atoms with E-state index in [-0.39, 0.29) is 6.61 Å².